The maximum atomic E-state index is 12.4. The number of carbonyl (C=O) groups is 1. The largest absolute Gasteiger partial charge is 0.378 e. The van der Waals surface area contributed by atoms with Crippen molar-refractivity contribution in [2.75, 3.05) is 24.3 Å². The molecular formula is C20H23N5OS. The Hall–Kier alpha value is -2.72. The Morgan fingerprint density at radius 3 is 2.56 bits per heavy atom. The maximum absolute atomic E-state index is 12.4. The number of benzene rings is 1. The lowest BCUT2D eigenvalue weighted by Gasteiger charge is -2.18. The number of nitrogens with one attached hydrogen (secondary N) is 1. The van der Waals surface area contributed by atoms with Crippen molar-refractivity contribution >= 4 is 34.1 Å². The zero-order valence-electron chi connectivity index (χ0n) is 15.6. The third-order valence-corrected chi connectivity index (χ3v) is 5.70. The number of anilines is 2. The Kier molecular flexibility index (Phi) is 6.20. The summed E-state index contributed by atoms with van der Waals surface area (Å²) in [7, 11) is 3.92. The summed E-state index contributed by atoms with van der Waals surface area (Å²) in [6, 6.07) is 9.62. The minimum atomic E-state index is -0.458. The van der Waals surface area contributed by atoms with Gasteiger partial charge >= 0.3 is 0 Å². The zero-order valence-corrected chi connectivity index (χ0v) is 16.4. The van der Waals surface area contributed by atoms with E-state index in [0.717, 1.165) is 29.1 Å². The average molecular weight is 382 g/mol. The smallest absolute Gasteiger partial charge is 0.268 e. The summed E-state index contributed by atoms with van der Waals surface area (Å²) < 4.78 is 0. The van der Waals surface area contributed by atoms with Crippen molar-refractivity contribution in [3.63, 3.8) is 0 Å². The second-order valence-electron chi connectivity index (χ2n) is 6.89. The monoisotopic (exact) mass is 381 g/mol. The first-order valence-electron chi connectivity index (χ1n) is 9.11. The SMILES string of the molecule is CN(C)c1ccc(/C=C(/C#N)C(=O)Nc2nnc(C3CCCCC3)s2)cc1. The molecule has 0 radical (unpaired) electrons. The van der Waals surface area contributed by atoms with Crippen LogP contribution in [0.4, 0.5) is 10.8 Å². The second kappa shape index (κ2) is 8.78. The van der Waals surface area contributed by atoms with Crippen LogP contribution in [0.1, 0.15) is 48.6 Å². The molecule has 1 aliphatic carbocycles. The number of nitriles is 1. The number of aromatic nitrogens is 2. The van der Waals surface area contributed by atoms with E-state index in [1.165, 1.54) is 30.6 Å². The van der Waals surface area contributed by atoms with Gasteiger partial charge in [0.1, 0.15) is 16.6 Å². The predicted octanol–water partition coefficient (Wildman–Crippen LogP) is 4.20. The summed E-state index contributed by atoms with van der Waals surface area (Å²) in [4.78, 5) is 14.4. The van der Waals surface area contributed by atoms with Gasteiger partial charge in [-0.05, 0) is 36.6 Å². The van der Waals surface area contributed by atoms with Gasteiger partial charge in [0.15, 0.2) is 0 Å². The molecular weight excluding hydrogens is 358 g/mol. The highest BCUT2D eigenvalue weighted by Gasteiger charge is 2.20. The molecule has 1 amide bonds. The Morgan fingerprint density at radius 2 is 1.93 bits per heavy atom. The fourth-order valence-electron chi connectivity index (χ4n) is 3.15. The molecule has 2 aromatic rings. The van der Waals surface area contributed by atoms with Crippen LogP contribution in [-0.4, -0.2) is 30.2 Å². The molecule has 7 heteroatoms. The lowest BCUT2D eigenvalue weighted by atomic mass is 9.90. The van der Waals surface area contributed by atoms with Gasteiger partial charge in [0.05, 0.1) is 0 Å². The Morgan fingerprint density at radius 1 is 1.22 bits per heavy atom. The summed E-state index contributed by atoms with van der Waals surface area (Å²) in [5.41, 5.74) is 1.90. The second-order valence-corrected chi connectivity index (χ2v) is 7.90. The zero-order chi connectivity index (χ0) is 19.2. The molecule has 1 aromatic heterocycles. The van der Waals surface area contributed by atoms with Crippen molar-refractivity contribution in [2.45, 2.75) is 38.0 Å². The van der Waals surface area contributed by atoms with Crippen molar-refractivity contribution in [3.05, 3.63) is 40.4 Å². The van der Waals surface area contributed by atoms with Gasteiger partial charge < -0.3 is 4.90 Å². The van der Waals surface area contributed by atoms with Crippen LogP contribution in [0, 0.1) is 11.3 Å². The quantitative estimate of drug-likeness (QED) is 0.620. The minimum absolute atomic E-state index is 0.0435. The Bertz CT molecular complexity index is 857. The summed E-state index contributed by atoms with van der Waals surface area (Å²) in [6.45, 7) is 0. The third kappa shape index (κ3) is 4.92. The van der Waals surface area contributed by atoms with Crippen LogP contribution >= 0.6 is 11.3 Å². The van der Waals surface area contributed by atoms with Gasteiger partial charge in [-0.15, -0.1) is 10.2 Å². The molecule has 140 valence electrons. The summed E-state index contributed by atoms with van der Waals surface area (Å²) in [6.07, 6.45) is 7.58. The maximum Gasteiger partial charge on any atom is 0.268 e. The van der Waals surface area contributed by atoms with Crippen LogP contribution in [0.25, 0.3) is 6.08 Å². The van der Waals surface area contributed by atoms with E-state index < -0.39 is 5.91 Å². The van der Waals surface area contributed by atoms with E-state index in [1.807, 2.05) is 49.3 Å². The number of carbonyl (C=O) groups excluding carboxylic acids is 1. The molecule has 1 fully saturated rings. The van der Waals surface area contributed by atoms with E-state index in [2.05, 4.69) is 15.5 Å². The number of hydrogen-bond donors (Lipinski definition) is 1. The van der Waals surface area contributed by atoms with Crippen molar-refractivity contribution in [2.24, 2.45) is 0 Å². The van der Waals surface area contributed by atoms with E-state index >= 15 is 0 Å². The molecule has 6 nitrogen and oxygen atoms in total. The first-order valence-corrected chi connectivity index (χ1v) is 9.92. The van der Waals surface area contributed by atoms with Crippen LogP contribution in [0.5, 0.6) is 0 Å². The molecule has 1 N–H and O–H groups in total. The molecule has 1 heterocycles. The standard InChI is InChI=1S/C20H23N5OS/c1-25(2)17-10-8-14(9-11-17)12-16(13-21)18(26)22-20-24-23-19(27-20)15-6-4-3-5-7-15/h8-12,15H,3-7H2,1-2H3,(H,22,24,26)/b16-12-. The molecule has 0 bridgehead atoms. The molecule has 0 aliphatic heterocycles. The molecule has 0 spiro atoms. The average Bonchev–Trinajstić information content (AvgIpc) is 3.15. The highest BCUT2D eigenvalue weighted by atomic mass is 32.1. The molecule has 1 saturated carbocycles. The van der Waals surface area contributed by atoms with Crippen molar-refractivity contribution in [1.29, 1.82) is 5.26 Å². The molecule has 0 atom stereocenters. The lowest BCUT2D eigenvalue weighted by Crippen LogP contribution is -2.13. The Labute approximate surface area is 163 Å². The number of nitrogens with zero attached hydrogens (tertiary/aromatic N) is 4. The first-order chi connectivity index (χ1) is 13.1. The molecule has 3 rings (SSSR count). The molecule has 0 unspecified atom stereocenters. The topological polar surface area (TPSA) is 81.9 Å². The van der Waals surface area contributed by atoms with Gasteiger partial charge in [-0.25, -0.2) is 0 Å². The Balaban J connectivity index is 1.68. The predicted molar refractivity (Wildman–Crippen MR) is 109 cm³/mol. The van der Waals surface area contributed by atoms with Gasteiger partial charge in [-0.1, -0.05) is 42.7 Å². The van der Waals surface area contributed by atoms with Gasteiger partial charge in [-0.2, -0.15) is 5.26 Å². The third-order valence-electron chi connectivity index (χ3n) is 4.70. The first kappa shape index (κ1) is 19.1. The molecule has 1 aliphatic rings. The van der Waals surface area contributed by atoms with E-state index in [9.17, 15) is 10.1 Å². The van der Waals surface area contributed by atoms with E-state index in [-0.39, 0.29) is 5.57 Å². The van der Waals surface area contributed by atoms with E-state index in [1.54, 1.807) is 6.08 Å². The highest BCUT2D eigenvalue weighted by Crippen LogP contribution is 2.35. The fraction of sp³-hybridized carbons (Fsp3) is 0.400. The van der Waals surface area contributed by atoms with Crippen molar-refractivity contribution in [3.8, 4) is 6.07 Å². The van der Waals surface area contributed by atoms with Crippen LogP contribution in [-0.2, 0) is 4.79 Å². The normalized spacial score (nSPS) is 15.2. The van der Waals surface area contributed by atoms with Gasteiger partial charge in [-0.3, -0.25) is 10.1 Å². The van der Waals surface area contributed by atoms with Crippen LogP contribution in [0.15, 0.2) is 29.8 Å². The van der Waals surface area contributed by atoms with Gasteiger partial charge in [0.2, 0.25) is 5.13 Å². The molecule has 1 aromatic carbocycles. The molecule has 0 saturated heterocycles. The van der Waals surface area contributed by atoms with E-state index in [0.29, 0.717) is 11.0 Å². The number of amides is 1. The number of hydrogen-bond acceptors (Lipinski definition) is 6. The summed E-state index contributed by atoms with van der Waals surface area (Å²) in [5.74, 6) is -0.0105. The van der Waals surface area contributed by atoms with Crippen LogP contribution in [0.2, 0.25) is 0 Å². The molecule has 27 heavy (non-hydrogen) atoms. The summed E-state index contributed by atoms with van der Waals surface area (Å²) in [5, 5.41) is 21.8. The summed E-state index contributed by atoms with van der Waals surface area (Å²) >= 11 is 1.41. The van der Waals surface area contributed by atoms with Crippen LogP contribution in [0.3, 0.4) is 0 Å². The minimum Gasteiger partial charge on any atom is -0.378 e. The van der Waals surface area contributed by atoms with Crippen LogP contribution < -0.4 is 10.2 Å². The van der Waals surface area contributed by atoms with E-state index in [4.69, 9.17) is 0 Å². The lowest BCUT2D eigenvalue weighted by molar-refractivity contribution is -0.112. The number of rotatable bonds is 5. The fourth-order valence-corrected chi connectivity index (χ4v) is 4.06. The van der Waals surface area contributed by atoms with Crippen molar-refractivity contribution in [1.82, 2.24) is 10.2 Å². The highest BCUT2D eigenvalue weighted by molar-refractivity contribution is 7.15. The van der Waals surface area contributed by atoms with Gasteiger partial charge in [0, 0.05) is 25.7 Å². The van der Waals surface area contributed by atoms with Crippen molar-refractivity contribution < 1.29 is 4.79 Å². The van der Waals surface area contributed by atoms with Gasteiger partial charge in [0.25, 0.3) is 5.91 Å².